The van der Waals surface area contributed by atoms with Crippen molar-refractivity contribution in [3.05, 3.63) is 22.7 Å². The van der Waals surface area contributed by atoms with Gasteiger partial charge in [0.1, 0.15) is 0 Å². The summed E-state index contributed by atoms with van der Waals surface area (Å²) in [6.07, 6.45) is 1.49. The van der Waals surface area contributed by atoms with Crippen LogP contribution in [-0.4, -0.2) is 21.0 Å². The molecule has 0 atom stereocenters. The van der Waals surface area contributed by atoms with Gasteiger partial charge in [0.05, 0.1) is 11.9 Å². The van der Waals surface area contributed by atoms with Gasteiger partial charge in [0.15, 0.2) is 10.8 Å². The van der Waals surface area contributed by atoms with Crippen LogP contribution >= 0.6 is 11.6 Å². The number of hydrogen-bond acceptors (Lipinski definition) is 3. The van der Waals surface area contributed by atoms with Crippen molar-refractivity contribution in [1.29, 1.82) is 0 Å². The Balaban J connectivity index is 3.19. The SMILES string of the molecule is CC(C)c1cnc(Cl)c(C(=O)O)n1. The van der Waals surface area contributed by atoms with E-state index in [-0.39, 0.29) is 16.8 Å². The smallest absolute Gasteiger partial charge is 0.357 e. The molecule has 0 bridgehead atoms. The number of halogens is 1. The molecule has 1 heterocycles. The Hall–Kier alpha value is -1.16. The lowest BCUT2D eigenvalue weighted by Gasteiger charge is -2.04. The zero-order valence-electron chi connectivity index (χ0n) is 7.28. The molecular formula is C8H9ClN2O2. The van der Waals surface area contributed by atoms with E-state index in [0.29, 0.717) is 5.69 Å². The number of carbonyl (C=O) groups is 1. The van der Waals surface area contributed by atoms with E-state index in [2.05, 4.69) is 9.97 Å². The molecular weight excluding hydrogens is 192 g/mol. The maximum atomic E-state index is 10.6. The minimum absolute atomic E-state index is 0.0723. The standard InChI is InChI=1S/C8H9ClN2O2/c1-4(2)5-3-10-7(9)6(11-5)8(12)13/h3-4H,1-2H3,(H,12,13). The fourth-order valence-corrected chi connectivity index (χ4v) is 0.974. The Morgan fingerprint density at radius 3 is 2.69 bits per heavy atom. The molecule has 0 aliphatic heterocycles. The molecule has 70 valence electrons. The highest BCUT2D eigenvalue weighted by atomic mass is 35.5. The Morgan fingerprint density at radius 1 is 1.62 bits per heavy atom. The van der Waals surface area contributed by atoms with E-state index in [1.54, 1.807) is 0 Å². The average Bonchev–Trinajstić information content (AvgIpc) is 2.04. The number of aromatic carboxylic acids is 1. The second-order valence-corrected chi connectivity index (χ2v) is 3.25. The van der Waals surface area contributed by atoms with Gasteiger partial charge in [-0.05, 0) is 5.92 Å². The maximum Gasteiger partial charge on any atom is 0.357 e. The molecule has 0 unspecified atom stereocenters. The van der Waals surface area contributed by atoms with Crippen molar-refractivity contribution in [2.24, 2.45) is 0 Å². The van der Waals surface area contributed by atoms with Gasteiger partial charge < -0.3 is 5.11 Å². The van der Waals surface area contributed by atoms with Crippen LogP contribution in [0.25, 0.3) is 0 Å². The van der Waals surface area contributed by atoms with E-state index in [0.717, 1.165) is 0 Å². The van der Waals surface area contributed by atoms with Crippen LogP contribution in [0, 0.1) is 0 Å². The van der Waals surface area contributed by atoms with Crippen molar-refractivity contribution in [1.82, 2.24) is 9.97 Å². The highest BCUT2D eigenvalue weighted by Crippen LogP contribution is 2.15. The molecule has 1 N–H and O–H groups in total. The Kier molecular flexibility index (Phi) is 2.83. The Bertz CT molecular complexity index is 339. The van der Waals surface area contributed by atoms with Gasteiger partial charge in [-0.2, -0.15) is 0 Å². The summed E-state index contributed by atoms with van der Waals surface area (Å²) in [4.78, 5) is 18.2. The first-order valence-electron chi connectivity index (χ1n) is 3.78. The molecule has 0 spiro atoms. The molecule has 4 nitrogen and oxygen atoms in total. The number of carboxylic acid groups (broad SMARTS) is 1. The number of carboxylic acids is 1. The van der Waals surface area contributed by atoms with Gasteiger partial charge in [-0.15, -0.1) is 0 Å². The third kappa shape index (κ3) is 2.15. The molecule has 0 aliphatic rings. The van der Waals surface area contributed by atoms with Crippen molar-refractivity contribution in [3.63, 3.8) is 0 Å². The van der Waals surface area contributed by atoms with E-state index in [1.807, 2.05) is 13.8 Å². The lowest BCUT2D eigenvalue weighted by Crippen LogP contribution is -2.06. The third-order valence-corrected chi connectivity index (χ3v) is 1.82. The molecule has 0 fully saturated rings. The van der Waals surface area contributed by atoms with Crippen LogP contribution in [0.4, 0.5) is 0 Å². The monoisotopic (exact) mass is 200 g/mol. The molecule has 0 saturated heterocycles. The highest BCUT2D eigenvalue weighted by molar-refractivity contribution is 6.31. The van der Waals surface area contributed by atoms with Gasteiger partial charge in [0.25, 0.3) is 0 Å². The van der Waals surface area contributed by atoms with Crippen LogP contribution < -0.4 is 0 Å². The van der Waals surface area contributed by atoms with Gasteiger partial charge in [-0.3, -0.25) is 0 Å². The van der Waals surface area contributed by atoms with Crippen molar-refractivity contribution in [3.8, 4) is 0 Å². The van der Waals surface area contributed by atoms with Gasteiger partial charge in [0, 0.05) is 0 Å². The summed E-state index contributed by atoms with van der Waals surface area (Å²) in [5, 5.41) is 8.61. The van der Waals surface area contributed by atoms with E-state index < -0.39 is 5.97 Å². The topological polar surface area (TPSA) is 63.1 Å². The Labute approximate surface area is 80.6 Å². The summed E-state index contributed by atoms with van der Waals surface area (Å²) in [5.41, 5.74) is 0.440. The summed E-state index contributed by atoms with van der Waals surface area (Å²) in [5.74, 6) is -1.01. The summed E-state index contributed by atoms with van der Waals surface area (Å²) >= 11 is 5.54. The van der Waals surface area contributed by atoms with E-state index in [9.17, 15) is 4.79 Å². The summed E-state index contributed by atoms with van der Waals surface area (Å²) in [6, 6.07) is 0. The second kappa shape index (κ2) is 3.70. The number of aromatic nitrogens is 2. The first-order chi connectivity index (χ1) is 6.02. The molecule has 5 heteroatoms. The van der Waals surface area contributed by atoms with E-state index in [1.165, 1.54) is 6.20 Å². The van der Waals surface area contributed by atoms with Gasteiger partial charge in [0.2, 0.25) is 0 Å². The zero-order chi connectivity index (χ0) is 10.0. The maximum absolute atomic E-state index is 10.6. The molecule has 1 aromatic rings. The van der Waals surface area contributed by atoms with Crippen molar-refractivity contribution in [2.75, 3.05) is 0 Å². The highest BCUT2D eigenvalue weighted by Gasteiger charge is 2.13. The van der Waals surface area contributed by atoms with Crippen LogP contribution in [0.15, 0.2) is 6.20 Å². The summed E-state index contributed by atoms with van der Waals surface area (Å²) in [7, 11) is 0. The van der Waals surface area contributed by atoms with Crippen molar-refractivity contribution < 1.29 is 9.90 Å². The number of hydrogen-bond donors (Lipinski definition) is 1. The summed E-state index contributed by atoms with van der Waals surface area (Å²) in [6.45, 7) is 3.81. The average molecular weight is 201 g/mol. The number of nitrogens with zero attached hydrogens (tertiary/aromatic N) is 2. The Morgan fingerprint density at radius 2 is 2.23 bits per heavy atom. The second-order valence-electron chi connectivity index (χ2n) is 2.89. The molecule has 1 rings (SSSR count). The first-order valence-corrected chi connectivity index (χ1v) is 4.16. The molecule has 13 heavy (non-hydrogen) atoms. The van der Waals surface area contributed by atoms with Crippen LogP contribution in [0.2, 0.25) is 5.15 Å². The van der Waals surface area contributed by atoms with Gasteiger partial charge in [-0.25, -0.2) is 14.8 Å². The molecule has 0 radical (unpaired) electrons. The zero-order valence-corrected chi connectivity index (χ0v) is 8.04. The summed E-state index contributed by atoms with van der Waals surface area (Å²) < 4.78 is 0. The van der Waals surface area contributed by atoms with E-state index >= 15 is 0 Å². The first kappa shape index (κ1) is 9.92. The van der Waals surface area contributed by atoms with Gasteiger partial charge >= 0.3 is 5.97 Å². The molecule has 0 saturated carbocycles. The van der Waals surface area contributed by atoms with Crippen LogP contribution in [0.5, 0.6) is 0 Å². The quantitative estimate of drug-likeness (QED) is 0.793. The largest absolute Gasteiger partial charge is 0.476 e. The van der Waals surface area contributed by atoms with Crippen molar-refractivity contribution >= 4 is 17.6 Å². The number of rotatable bonds is 2. The van der Waals surface area contributed by atoms with Crippen LogP contribution in [0.1, 0.15) is 35.9 Å². The fraction of sp³-hybridized carbons (Fsp3) is 0.375. The van der Waals surface area contributed by atoms with Crippen molar-refractivity contribution in [2.45, 2.75) is 19.8 Å². The minimum Gasteiger partial charge on any atom is -0.476 e. The van der Waals surface area contributed by atoms with Gasteiger partial charge in [-0.1, -0.05) is 25.4 Å². The lowest BCUT2D eigenvalue weighted by atomic mass is 10.1. The molecule has 0 aromatic carbocycles. The molecule has 0 aliphatic carbocycles. The van der Waals surface area contributed by atoms with Crippen LogP contribution in [-0.2, 0) is 0 Å². The lowest BCUT2D eigenvalue weighted by molar-refractivity contribution is 0.0690. The predicted molar refractivity (Wildman–Crippen MR) is 48.1 cm³/mol. The normalized spacial score (nSPS) is 10.5. The van der Waals surface area contributed by atoms with E-state index in [4.69, 9.17) is 16.7 Å². The molecule has 1 aromatic heterocycles. The van der Waals surface area contributed by atoms with Crippen LogP contribution in [0.3, 0.4) is 0 Å². The fourth-order valence-electron chi connectivity index (χ4n) is 0.802. The molecule has 0 amide bonds. The minimum atomic E-state index is -1.15. The predicted octanol–water partition coefficient (Wildman–Crippen LogP) is 1.95. The third-order valence-electron chi connectivity index (χ3n) is 1.54.